The van der Waals surface area contributed by atoms with Crippen LogP contribution in [0.25, 0.3) is 21.5 Å². The standard InChI is InChI=1S/C29H28FN3O2S/c1-18(34)33(2)17-24-23(22-9-3-4-10-25(22)31-29(24)26-11-6-14-36-26)16-27(35)32-28(19-12-13-19)20-7-5-8-21(30)15-20/h3-11,14-15,19,28H,12-13,16-17H2,1-2H3,(H,32,35)/t28-/m0/s1. The first-order chi connectivity index (χ1) is 17.4. The molecule has 7 heteroatoms. The summed E-state index contributed by atoms with van der Waals surface area (Å²) >= 11 is 1.58. The number of aromatic nitrogens is 1. The van der Waals surface area contributed by atoms with Gasteiger partial charge in [0.05, 0.1) is 28.6 Å². The van der Waals surface area contributed by atoms with E-state index < -0.39 is 0 Å². The van der Waals surface area contributed by atoms with Crippen LogP contribution < -0.4 is 5.32 Å². The summed E-state index contributed by atoms with van der Waals surface area (Å²) in [6.07, 6.45) is 2.16. The topological polar surface area (TPSA) is 62.3 Å². The Hall–Kier alpha value is -3.58. The Balaban J connectivity index is 1.55. The molecule has 0 unspecified atom stereocenters. The molecule has 0 spiro atoms. The van der Waals surface area contributed by atoms with Crippen LogP contribution in [0.3, 0.4) is 0 Å². The number of carbonyl (C=O) groups excluding carboxylic acids is 2. The Bertz CT molecular complexity index is 1420. The van der Waals surface area contributed by atoms with Crippen LogP contribution in [-0.2, 0) is 22.6 Å². The molecule has 0 radical (unpaired) electrons. The second kappa shape index (κ2) is 10.2. The number of carbonyl (C=O) groups is 2. The Kier molecular flexibility index (Phi) is 6.83. The minimum atomic E-state index is -0.303. The summed E-state index contributed by atoms with van der Waals surface area (Å²) in [5, 5.41) is 6.08. The molecular weight excluding hydrogens is 473 g/mol. The normalized spacial score (nSPS) is 14.0. The zero-order valence-corrected chi connectivity index (χ0v) is 21.1. The van der Waals surface area contributed by atoms with E-state index in [-0.39, 0.29) is 30.1 Å². The van der Waals surface area contributed by atoms with Crippen LogP contribution in [-0.4, -0.2) is 28.7 Å². The van der Waals surface area contributed by atoms with Crippen LogP contribution in [0.2, 0.25) is 0 Å². The number of thiophene rings is 1. The largest absolute Gasteiger partial charge is 0.349 e. The number of halogens is 1. The molecule has 1 saturated carbocycles. The monoisotopic (exact) mass is 501 g/mol. The third-order valence-corrected chi connectivity index (χ3v) is 7.63. The summed E-state index contributed by atoms with van der Waals surface area (Å²) in [6.45, 7) is 1.88. The summed E-state index contributed by atoms with van der Waals surface area (Å²) in [5.74, 6) is -0.176. The third-order valence-electron chi connectivity index (χ3n) is 6.75. The second-order valence-corrected chi connectivity index (χ2v) is 10.3. The number of nitrogens with one attached hydrogen (secondary N) is 1. The van der Waals surface area contributed by atoms with Gasteiger partial charge in [0.1, 0.15) is 5.82 Å². The molecule has 0 aliphatic heterocycles. The maximum atomic E-state index is 13.9. The van der Waals surface area contributed by atoms with Crippen LogP contribution in [0.4, 0.5) is 4.39 Å². The van der Waals surface area contributed by atoms with E-state index in [4.69, 9.17) is 4.98 Å². The smallest absolute Gasteiger partial charge is 0.224 e. The average molecular weight is 502 g/mol. The van der Waals surface area contributed by atoms with Crippen molar-refractivity contribution in [1.29, 1.82) is 0 Å². The van der Waals surface area contributed by atoms with Crippen LogP contribution in [0, 0.1) is 11.7 Å². The van der Waals surface area contributed by atoms with Gasteiger partial charge in [-0.1, -0.05) is 36.4 Å². The number of benzene rings is 2. The van der Waals surface area contributed by atoms with Crippen molar-refractivity contribution < 1.29 is 14.0 Å². The van der Waals surface area contributed by atoms with Gasteiger partial charge in [0.25, 0.3) is 0 Å². The summed E-state index contributed by atoms with van der Waals surface area (Å²) in [6, 6.07) is 18.0. The summed E-state index contributed by atoms with van der Waals surface area (Å²) in [4.78, 5) is 33.3. The first-order valence-electron chi connectivity index (χ1n) is 12.1. The van der Waals surface area contributed by atoms with Crippen molar-refractivity contribution in [2.24, 2.45) is 5.92 Å². The molecule has 4 aromatic rings. The van der Waals surface area contributed by atoms with Crippen LogP contribution in [0.1, 0.15) is 42.5 Å². The highest BCUT2D eigenvalue weighted by Gasteiger charge is 2.34. The van der Waals surface area contributed by atoms with Gasteiger partial charge in [-0.2, -0.15) is 0 Å². The van der Waals surface area contributed by atoms with Crippen LogP contribution in [0.5, 0.6) is 0 Å². The molecule has 36 heavy (non-hydrogen) atoms. The predicted octanol–water partition coefficient (Wildman–Crippen LogP) is 5.89. The molecule has 2 amide bonds. The maximum absolute atomic E-state index is 13.9. The molecule has 1 aliphatic rings. The highest BCUT2D eigenvalue weighted by molar-refractivity contribution is 7.13. The van der Waals surface area contributed by atoms with Gasteiger partial charge in [-0.15, -0.1) is 11.3 Å². The lowest BCUT2D eigenvalue weighted by Crippen LogP contribution is -2.32. The van der Waals surface area contributed by atoms with E-state index in [1.54, 1.807) is 29.4 Å². The number of nitrogens with zero attached hydrogens (tertiary/aromatic N) is 2. The first-order valence-corrected chi connectivity index (χ1v) is 13.0. The molecule has 2 aromatic heterocycles. The molecule has 1 aliphatic carbocycles. The molecule has 1 atom stereocenters. The van der Waals surface area contributed by atoms with Crippen molar-refractivity contribution in [3.05, 3.63) is 88.6 Å². The van der Waals surface area contributed by atoms with E-state index in [2.05, 4.69) is 5.32 Å². The third kappa shape index (κ3) is 5.16. The molecule has 0 saturated heterocycles. The SMILES string of the molecule is CC(=O)N(C)Cc1c(-c2cccs2)nc2ccccc2c1CC(=O)N[C@H](c1cccc(F)c1)C1CC1. The fourth-order valence-corrected chi connectivity index (χ4v) is 5.39. The van der Waals surface area contributed by atoms with Crippen molar-refractivity contribution in [3.8, 4) is 10.6 Å². The summed E-state index contributed by atoms with van der Waals surface area (Å²) in [7, 11) is 1.76. The molecule has 5 nitrogen and oxygen atoms in total. The van der Waals surface area contributed by atoms with E-state index in [1.807, 2.05) is 47.8 Å². The number of rotatable bonds is 8. The molecule has 2 aromatic carbocycles. The van der Waals surface area contributed by atoms with Gasteiger partial charge in [0.2, 0.25) is 11.8 Å². The van der Waals surface area contributed by atoms with E-state index in [9.17, 15) is 14.0 Å². The van der Waals surface area contributed by atoms with Gasteiger partial charge in [0, 0.05) is 31.5 Å². The Morgan fingerprint density at radius 2 is 1.92 bits per heavy atom. The number of para-hydroxylation sites is 1. The van der Waals surface area contributed by atoms with E-state index >= 15 is 0 Å². The highest BCUT2D eigenvalue weighted by atomic mass is 32.1. The number of hydrogen-bond donors (Lipinski definition) is 1. The first kappa shape index (κ1) is 24.1. The number of hydrogen-bond acceptors (Lipinski definition) is 4. The van der Waals surface area contributed by atoms with Gasteiger partial charge in [0.15, 0.2) is 0 Å². The quantitative estimate of drug-likeness (QED) is 0.327. The number of fused-ring (bicyclic) bond motifs is 1. The lowest BCUT2D eigenvalue weighted by molar-refractivity contribution is -0.128. The predicted molar refractivity (Wildman–Crippen MR) is 141 cm³/mol. The van der Waals surface area contributed by atoms with Crippen molar-refractivity contribution in [2.75, 3.05) is 7.05 Å². The fourth-order valence-electron chi connectivity index (χ4n) is 4.65. The van der Waals surface area contributed by atoms with Crippen molar-refractivity contribution in [1.82, 2.24) is 15.2 Å². The Morgan fingerprint density at radius 3 is 2.61 bits per heavy atom. The number of amides is 2. The van der Waals surface area contributed by atoms with Gasteiger partial charge >= 0.3 is 0 Å². The maximum Gasteiger partial charge on any atom is 0.224 e. The van der Waals surface area contributed by atoms with Crippen molar-refractivity contribution in [3.63, 3.8) is 0 Å². The van der Waals surface area contributed by atoms with Gasteiger partial charge < -0.3 is 10.2 Å². The lowest BCUT2D eigenvalue weighted by Gasteiger charge is -2.23. The Labute approximate surface area is 214 Å². The molecule has 2 heterocycles. The summed E-state index contributed by atoms with van der Waals surface area (Å²) in [5.41, 5.74) is 4.13. The van der Waals surface area contributed by atoms with Gasteiger partial charge in [-0.05, 0) is 59.5 Å². The van der Waals surface area contributed by atoms with E-state index in [1.165, 1.54) is 19.1 Å². The second-order valence-electron chi connectivity index (χ2n) is 9.40. The van der Waals surface area contributed by atoms with E-state index in [0.29, 0.717) is 12.5 Å². The molecule has 0 bridgehead atoms. The Morgan fingerprint density at radius 1 is 1.11 bits per heavy atom. The molecule has 184 valence electrons. The van der Waals surface area contributed by atoms with Crippen LogP contribution in [0.15, 0.2) is 66.0 Å². The van der Waals surface area contributed by atoms with Crippen molar-refractivity contribution in [2.45, 2.75) is 38.8 Å². The number of pyridine rings is 1. The average Bonchev–Trinajstić information content (AvgIpc) is 3.56. The van der Waals surface area contributed by atoms with E-state index in [0.717, 1.165) is 51.0 Å². The zero-order chi connectivity index (χ0) is 25.2. The lowest BCUT2D eigenvalue weighted by atomic mass is 9.95. The van der Waals surface area contributed by atoms with Crippen LogP contribution >= 0.6 is 11.3 Å². The molecular formula is C29H28FN3O2S. The highest BCUT2D eigenvalue weighted by Crippen LogP contribution is 2.41. The fraction of sp³-hybridized carbons (Fsp3) is 0.276. The summed E-state index contributed by atoms with van der Waals surface area (Å²) < 4.78 is 13.9. The van der Waals surface area contributed by atoms with Gasteiger partial charge in [-0.25, -0.2) is 9.37 Å². The minimum absolute atomic E-state index is 0.0596. The zero-order valence-electron chi connectivity index (χ0n) is 20.3. The van der Waals surface area contributed by atoms with Crippen molar-refractivity contribution >= 4 is 34.1 Å². The molecule has 5 rings (SSSR count). The minimum Gasteiger partial charge on any atom is -0.349 e. The molecule has 1 fully saturated rings. The van der Waals surface area contributed by atoms with Gasteiger partial charge in [-0.3, -0.25) is 9.59 Å². The molecule has 1 N–H and O–H groups in total.